The highest BCUT2D eigenvalue weighted by molar-refractivity contribution is 5.85. The van der Waals surface area contributed by atoms with Crippen LogP contribution in [0.4, 0.5) is 0 Å². The Labute approximate surface area is 229 Å². The van der Waals surface area contributed by atoms with Gasteiger partial charge in [-0.05, 0) is 35.2 Å². The van der Waals surface area contributed by atoms with E-state index in [0.29, 0.717) is 46.0 Å². The van der Waals surface area contributed by atoms with Gasteiger partial charge in [0.15, 0.2) is 23.0 Å². The number of rotatable bonds is 9. The number of ether oxygens (including phenoxy) is 6. The molecule has 0 aliphatic heterocycles. The molecule has 0 saturated heterocycles. The molecule has 8 nitrogen and oxygen atoms in total. The lowest BCUT2D eigenvalue weighted by atomic mass is 9.87. The van der Waals surface area contributed by atoms with Crippen LogP contribution >= 0.6 is 0 Å². The Morgan fingerprint density at radius 2 is 1.00 bits per heavy atom. The summed E-state index contributed by atoms with van der Waals surface area (Å²) in [6, 6.07) is 16.0. The second-order valence-electron chi connectivity index (χ2n) is 9.96. The first kappa shape index (κ1) is 27.7. The van der Waals surface area contributed by atoms with E-state index in [-0.39, 0.29) is 5.41 Å². The molecule has 3 aromatic carbocycles. The van der Waals surface area contributed by atoms with Crippen LogP contribution in [-0.4, -0.2) is 52.6 Å². The van der Waals surface area contributed by atoms with Gasteiger partial charge in [0.25, 0.3) is 0 Å². The van der Waals surface area contributed by atoms with Crippen LogP contribution in [0.25, 0.3) is 33.9 Å². The zero-order valence-electron chi connectivity index (χ0n) is 24.0. The van der Waals surface area contributed by atoms with Crippen LogP contribution < -0.4 is 28.4 Å². The van der Waals surface area contributed by atoms with Crippen molar-refractivity contribution in [2.75, 3.05) is 42.7 Å². The van der Waals surface area contributed by atoms with Crippen LogP contribution in [-0.2, 0) is 5.41 Å². The van der Waals surface area contributed by atoms with Crippen molar-refractivity contribution in [2.24, 2.45) is 0 Å². The van der Waals surface area contributed by atoms with E-state index in [4.69, 9.17) is 33.4 Å². The summed E-state index contributed by atoms with van der Waals surface area (Å²) in [4.78, 5) is 8.60. The van der Waals surface area contributed by atoms with E-state index >= 15 is 0 Å². The number of hydrogen-bond donors (Lipinski definition) is 1. The molecule has 1 N–H and O–H groups in total. The Morgan fingerprint density at radius 1 is 0.564 bits per heavy atom. The van der Waals surface area contributed by atoms with Crippen molar-refractivity contribution < 1.29 is 28.4 Å². The van der Waals surface area contributed by atoms with Gasteiger partial charge < -0.3 is 33.4 Å². The van der Waals surface area contributed by atoms with E-state index < -0.39 is 0 Å². The number of benzene rings is 3. The third-order valence-electron chi connectivity index (χ3n) is 6.62. The van der Waals surface area contributed by atoms with Gasteiger partial charge in [0.2, 0.25) is 11.5 Å². The molecule has 39 heavy (non-hydrogen) atoms. The molecule has 8 heteroatoms. The molecule has 0 spiro atoms. The largest absolute Gasteiger partial charge is 0.493 e. The summed E-state index contributed by atoms with van der Waals surface area (Å²) in [5.74, 6) is 3.86. The predicted molar refractivity (Wildman–Crippen MR) is 153 cm³/mol. The predicted octanol–water partition coefficient (Wildman–Crippen LogP) is 6.76. The highest BCUT2D eigenvalue weighted by atomic mass is 16.5. The molecule has 0 saturated carbocycles. The number of imidazole rings is 1. The normalized spacial score (nSPS) is 11.2. The summed E-state index contributed by atoms with van der Waals surface area (Å²) in [6.45, 7) is 6.58. The molecule has 4 aromatic rings. The SMILES string of the molecule is COc1cc(-c2nc(-c3ccc(C(C)(C)C)cc3)[nH]c2-c2cc(OC)c(OC)c(OC)c2)cc(OC)c1OC. The van der Waals surface area contributed by atoms with Crippen LogP contribution in [0.5, 0.6) is 34.5 Å². The van der Waals surface area contributed by atoms with E-state index in [1.54, 1.807) is 42.7 Å². The number of methoxy groups -OCH3 is 6. The first-order chi connectivity index (χ1) is 18.7. The summed E-state index contributed by atoms with van der Waals surface area (Å²) in [5.41, 5.74) is 5.28. The standard InChI is InChI=1S/C31H36N2O6/c1-31(2,3)21-12-10-18(11-13-21)30-32-26(19-14-22(34-4)28(38-8)23(15-19)35-5)27(33-30)20-16-24(36-6)29(39-9)25(17-20)37-7/h10-17H,1-9H3,(H,32,33). The lowest BCUT2D eigenvalue weighted by Crippen LogP contribution is -2.10. The zero-order chi connectivity index (χ0) is 28.3. The molecule has 0 bridgehead atoms. The molecule has 1 aromatic heterocycles. The number of nitrogens with zero attached hydrogens (tertiary/aromatic N) is 1. The monoisotopic (exact) mass is 532 g/mol. The maximum atomic E-state index is 5.63. The summed E-state index contributed by atoms with van der Waals surface area (Å²) in [7, 11) is 9.53. The fourth-order valence-electron chi connectivity index (χ4n) is 4.50. The van der Waals surface area contributed by atoms with E-state index in [9.17, 15) is 0 Å². The number of nitrogens with one attached hydrogen (secondary N) is 1. The third kappa shape index (κ3) is 5.32. The summed E-state index contributed by atoms with van der Waals surface area (Å²) >= 11 is 0. The summed E-state index contributed by atoms with van der Waals surface area (Å²) in [6.07, 6.45) is 0. The minimum absolute atomic E-state index is 0.0460. The van der Waals surface area contributed by atoms with Crippen molar-refractivity contribution in [1.29, 1.82) is 0 Å². The maximum absolute atomic E-state index is 5.63. The second-order valence-corrected chi connectivity index (χ2v) is 9.96. The van der Waals surface area contributed by atoms with Gasteiger partial charge in [-0.25, -0.2) is 4.98 Å². The minimum Gasteiger partial charge on any atom is -0.493 e. The first-order valence-electron chi connectivity index (χ1n) is 12.5. The average molecular weight is 533 g/mol. The molecule has 0 radical (unpaired) electrons. The quantitative estimate of drug-likeness (QED) is 0.255. The Morgan fingerprint density at radius 3 is 1.38 bits per heavy atom. The Balaban J connectivity index is 1.98. The van der Waals surface area contributed by atoms with Crippen molar-refractivity contribution in [3.8, 4) is 68.4 Å². The molecule has 1 heterocycles. The van der Waals surface area contributed by atoms with Crippen molar-refractivity contribution in [3.05, 3.63) is 54.1 Å². The summed E-state index contributed by atoms with van der Waals surface area (Å²) in [5, 5.41) is 0. The highest BCUT2D eigenvalue weighted by Gasteiger charge is 2.23. The van der Waals surface area contributed by atoms with Crippen LogP contribution in [0.2, 0.25) is 0 Å². The van der Waals surface area contributed by atoms with E-state index in [1.807, 2.05) is 24.3 Å². The van der Waals surface area contributed by atoms with Gasteiger partial charge in [0.1, 0.15) is 5.82 Å². The molecule has 0 aliphatic carbocycles. The molecular formula is C31H36N2O6. The van der Waals surface area contributed by atoms with E-state index in [2.05, 4.69) is 50.0 Å². The van der Waals surface area contributed by atoms with Crippen molar-refractivity contribution in [2.45, 2.75) is 26.2 Å². The van der Waals surface area contributed by atoms with Gasteiger partial charge in [-0.15, -0.1) is 0 Å². The van der Waals surface area contributed by atoms with Gasteiger partial charge >= 0.3 is 0 Å². The van der Waals surface area contributed by atoms with Gasteiger partial charge in [-0.2, -0.15) is 0 Å². The number of H-pyrrole nitrogens is 1. The average Bonchev–Trinajstić information content (AvgIpc) is 3.40. The Hall–Kier alpha value is -4.33. The van der Waals surface area contributed by atoms with Crippen LogP contribution in [0.15, 0.2) is 48.5 Å². The summed E-state index contributed by atoms with van der Waals surface area (Å²) < 4.78 is 33.6. The number of aromatic nitrogens is 2. The van der Waals surface area contributed by atoms with Gasteiger partial charge in [0.05, 0.1) is 54.0 Å². The first-order valence-corrected chi connectivity index (χ1v) is 12.5. The molecule has 0 fully saturated rings. The highest BCUT2D eigenvalue weighted by Crippen LogP contribution is 2.46. The second kappa shape index (κ2) is 11.2. The lowest BCUT2D eigenvalue weighted by Gasteiger charge is -2.18. The van der Waals surface area contributed by atoms with Gasteiger partial charge in [-0.1, -0.05) is 45.0 Å². The zero-order valence-corrected chi connectivity index (χ0v) is 24.0. The smallest absolute Gasteiger partial charge is 0.203 e. The topological polar surface area (TPSA) is 84.1 Å². The van der Waals surface area contributed by atoms with Crippen LogP contribution in [0, 0.1) is 0 Å². The fourth-order valence-corrected chi connectivity index (χ4v) is 4.50. The van der Waals surface area contributed by atoms with Crippen LogP contribution in [0.3, 0.4) is 0 Å². The molecular weight excluding hydrogens is 496 g/mol. The van der Waals surface area contributed by atoms with Crippen molar-refractivity contribution >= 4 is 0 Å². The molecule has 4 rings (SSSR count). The molecule has 0 amide bonds. The van der Waals surface area contributed by atoms with Crippen molar-refractivity contribution in [3.63, 3.8) is 0 Å². The molecule has 0 unspecified atom stereocenters. The minimum atomic E-state index is 0.0460. The van der Waals surface area contributed by atoms with Crippen molar-refractivity contribution in [1.82, 2.24) is 9.97 Å². The van der Waals surface area contributed by atoms with Crippen LogP contribution in [0.1, 0.15) is 26.3 Å². The van der Waals surface area contributed by atoms with E-state index in [0.717, 1.165) is 22.4 Å². The Bertz CT molecular complexity index is 1320. The van der Waals surface area contributed by atoms with Gasteiger partial charge in [-0.3, -0.25) is 0 Å². The maximum Gasteiger partial charge on any atom is 0.203 e. The number of hydrogen-bond acceptors (Lipinski definition) is 7. The molecule has 0 aliphatic rings. The lowest BCUT2D eigenvalue weighted by molar-refractivity contribution is 0.324. The van der Waals surface area contributed by atoms with E-state index in [1.165, 1.54) is 5.56 Å². The fraction of sp³-hybridized carbons (Fsp3) is 0.323. The number of aromatic amines is 1. The van der Waals surface area contributed by atoms with Gasteiger partial charge in [0, 0.05) is 16.7 Å². The Kier molecular flexibility index (Phi) is 7.95. The molecule has 0 atom stereocenters. The molecule has 206 valence electrons. The third-order valence-corrected chi connectivity index (χ3v) is 6.62.